The summed E-state index contributed by atoms with van der Waals surface area (Å²) in [4.78, 5) is 0. The Balaban J connectivity index is 2.21. The first-order chi connectivity index (χ1) is 6.67. The molecule has 1 fully saturated rings. The molecule has 0 bridgehead atoms. The predicted molar refractivity (Wildman–Crippen MR) is 55.3 cm³/mol. The molecular weight excluding hydrogens is 198 g/mol. The summed E-state index contributed by atoms with van der Waals surface area (Å²) in [7, 11) is -3.03. The topological polar surface area (TPSA) is 46.2 Å². The molecule has 4 heteroatoms. The highest BCUT2D eigenvalue weighted by Gasteiger charge is 2.24. The SMILES string of the molecule is O=S1(=O)CCCC(c2ccccc2)N1. The molecule has 1 aromatic rings. The highest BCUT2D eigenvalue weighted by molar-refractivity contribution is 7.89. The standard InChI is InChI=1S/C10H13NO2S/c12-14(13)8-4-7-10(11-14)9-5-2-1-3-6-9/h1-3,5-6,10-11H,4,7-8H2. The lowest BCUT2D eigenvalue weighted by atomic mass is 10.0. The molecule has 0 spiro atoms. The zero-order valence-electron chi connectivity index (χ0n) is 7.81. The molecule has 1 saturated heterocycles. The fraction of sp³-hybridized carbons (Fsp3) is 0.400. The third-order valence-corrected chi connectivity index (χ3v) is 3.90. The van der Waals surface area contributed by atoms with Crippen LogP contribution in [0, 0.1) is 0 Å². The Morgan fingerprint density at radius 3 is 2.57 bits per heavy atom. The Kier molecular flexibility index (Phi) is 2.56. The van der Waals surface area contributed by atoms with Crippen molar-refractivity contribution in [1.82, 2.24) is 4.72 Å². The molecule has 2 rings (SSSR count). The first kappa shape index (κ1) is 9.68. The minimum absolute atomic E-state index is 0.0325. The van der Waals surface area contributed by atoms with Crippen molar-refractivity contribution in [2.45, 2.75) is 18.9 Å². The van der Waals surface area contributed by atoms with Gasteiger partial charge in [-0.25, -0.2) is 13.1 Å². The van der Waals surface area contributed by atoms with Crippen molar-refractivity contribution in [1.29, 1.82) is 0 Å². The maximum absolute atomic E-state index is 11.3. The van der Waals surface area contributed by atoms with Gasteiger partial charge in [0.15, 0.2) is 0 Å². The summed E-state index contributed by atoms with van der Waals surface area (Å²) < 4.78 is 25.3. The van der Waals surface area contributed by atoms with Gasteiger partial charge in [0.1, 0.15) is 0 Å². The Morgan fingerprint density at radius 1 is 1.21 bits per heavy atom. The predicted octanol–water partition coefficient (Wildman–Crippen LogP) is 1.44. The van der Waals surface area contributed by atoms with E-state index in [9.17, 15) is 8.42 Å². The van der Waals surface area contributed by atoms with Crippen molar-refractivity contribution >= 4 is 10.0 Å². The van der Waals surface area contributed by atoms with Gasteiger partial charge in [-0.2, -0.15) is 0 Å². The summed E-state index contributed by atoms with van der Waals surface area (Å²) in [6.45, 7) is 0. The molecule has 14 heavy (non-hydrogen) atoms. The second-order valence-corrected chi connectivity index (χ2v) is 5.42. The van der Waals surface area contributed by atoms with E-state index in [0.29, 0.717) is 0 Å². The summed E-state index contributed by atoms with van der Waals surface area (Å²) >= 11 is 0. The maximum Gasteiger partial charge on any atom is 0.212 e. The monoisotopic (exact) mass is 211 g/mol. The summed E-state index contributed by atoms with van der Waals surface area (Å²) in [6.07, 6.45) is 1.64. The molecule has 76 valence electrons. The molecule has 3 nitrogen and oxygen atoms in total. The molecule has 1 unspecified atom stereocenters. The second-order valence-electron chi connectivity index (χ2n) is 3.54. The molecule has 1 aliphatic heterocycles. The van der Waals surface area contributed by atoms with Crippen LogP contribution < -0.4 is 4.72 Å². The van der Waals surface area contributed by atoms with Gasteiger partial charge in [0.25, 0.3) is 0 Å². The highest BCUT2D eigenvalue weighted by Crippen LogP contribution is 2.23. The third-order valence-electron chi connectivity index (χ3n) is 2.43. The van der Waals surface area contributed by atoms with Crippen molar-refractivity contribution in [3.63, 3.8) is 0 Å². The number of hydrogen-bond acceptors (Lipinski definition) is 2. The van der Waals surface area contributed by atoms with Gasteiger partial charge in [0.05, 0.1) is 5.75 Å². The van der Waals surface area contributed by atoms with Crippen LogP contribution in [0.4, 0.5) is 0 Å². The number of rotatable bonds is 1. The maximum atomic E-state index is 11.3. The molecule has 1 heterocycles. The van der Waals surface area contributed by atoms with E-state index in [0.717, 1.165) is 18.4 Å². The van der Waals surface area contributed by atoms with Crippen LogP contribution in [-0.4, -0.2) is 14.2 Å². The Hall–Kier alpha value is -0.870. The normalized spacial score (nSPS) is 25.9. The number of sulfonamides is 1. The van der Waals surface area contributed by atoms with Gasteiger partial charge in [-0.15, -0.1) is 0 Å². The number of nitrogens with one attached hydrogen (secondary N) is 1. The van der Waals surface area contributed by atoms with E-state index in [1.807, 2.05) is 30.3 Å². The van der Waals surface area contributed by atoms with Crippen molar-refractivity contribution in [3.8, 4) is 0 Å². The molecule has 1 atom stereocenters. The summed E-state index contributed by atoms with van der Waals surface area (Å²) in [5, 5.41) is 0. The van der Waals surface area contributed by atoms with E-state index in [2.05, 4.69) is 4.72 Å². The third kappa shape index (κ3) is 2.13. The fourth-order valence-electron chi connectivity index (χ4n) is 1.73. The number of benzene rings is 1. The zero-order chi connectivity index (χ0) is 10.0. The summed E-state index contributed by atoms with van der Waals surface area (Å²) in [5.41, 5.74) is 1.05. The zero-order valence-corrected chi connectivity index (χ0v) is 8.63. The summed E-state index contributed by atoms with van der Waals surface area (Å²) in [6, 6.07) is 9.67. The number of hydrogen-bond donors (Lipinski definition) is 1. The van der Waals surface area contributed by atoms with Crippen molar-refractivity contribution in [2.24, 2.45) is 0 Å². The lowest BCUT2D eigenvalue weighted by molar-refractivity contribution is 0.507. The first-order valence-corrected chi connectivity index (χ1v) is 6.37. The van der Waals surface area contributed by atoms with Crippen molar-refractivity contribution in [3.05, 3.63) is 35.9 Å². The molecule has 0 aromatic heterocycles. The van der Waals surface area contributed by atoms with Crippen LogP contribution in [0.5, 0.6) is 0 Å². The van der Waals surface area contributed by atoms with Crippen LogP contribution in [0.1, 0.15) is 24.4 Å². The van der Waals surface area contributed by atoms with Crippen LogP contribution in [-0.2, 0) is 10.0 Å². The Bertz CT molecular complexity index is 399. The van der Waals surface area contributed by atoms with Gasteiger partial charge in [0.2, 0.25) is 10.0 Å². The van der Waals surface area contributed by atoms with E-state index in [1.165, 1.54) is 0 Å². The lowest BCUT2D eigenvalue weighted by Gasteiger charge is -2.23. The van der Waals surface area contributed by atoms with Gasteiger partial charge >= 0.3 is 0 Å². The molecule has 0 amide bonds. The van der Waals surface area contributed by atoms with Crippen LogP contribution in [0.3, 0.4) is 0 Å². The van der Waals surface area contributed by atoms with Gasteiger partial charge < -0.3 is 0 Å². The van der Waals surface area contributed by atoms with Gasteiger partial charge in [-0.05, 0) is 18.4 Å². The van der Waals surface area contributed by atoms with Crippen molar-refractivity contribution in [2.75, 3.05) is 5.75 Å². The van der Waals surface area contributed by atoms with Crippen LogP contribution in [0.25, 0.3) is 0 Å². The summed E-state index contributed by atoms with van der Waals surface area (Å²) in [5.74, 6) is 0.260. The van der Waals surface area contributed by atoms with Gasteiger partial charge in [-0.1, -0.05) is 30.3 Å². The van der Waals surface area contributed by atoms with Crippen LogP contribution in [0.2, 0.25) is 0 Å². The van der Waals surface area contributed by atoms with E-state index in [4.69, 9.17) is 0 Å². The first-order valence-electron chi connectivity index (χ1n) is 4.72. The van der Waals surface area contributed by atoms with Gasteiger partial charge in [-0.3, -0.25) is 0 Å². The van der Waals surface area contributed by atoms with Crippen LogP contribution in [0.15, 0.2) is 30.3 Å². The second kappa shape index (κ2) is 3.71. The molecule has 1 N–H and O–H groups in total. The van der Waals surface area contributed by atoms with Gasteiger partial charge in [0, 0.05) is 6.04 Å². The van der Waals surface area contributed by atoms with E-state index in [-0.39, 0.29) is 11.8 Å². The van der Waals surface area contributed by atoms with E-state index < -0.39 is 10.0 Å². The lowest BCUT2D eigenvalue weighted by Crippen LogP contribution is -2.35. The average molecular weight is 211 g/mol. The molecule has 0 radical (unpaired) electrons. The van der Waals surface area contributed by atoms with E-state index in [1.54, 1.807) is 0 Å². The fourth-order valence-corrected chi connectivity index (χ4v) is 3.08. The molecule has 0 aliphatic carbocycles. The molecule has 0 saturated carbocycles. The minimum atomic E-state index is -3.03. The molecule has 1 aliphatic rings. The highest BCUT2D eigenvalue weighted by atomic mass is 32.2. The Labute approximate surface area is 84.2 Å². The Morgan fingerprint density at radius 2 is 1.93 bits per heavy atom. The largest absolute Gasteiger partial charge is 0.212 e. The molecular formula is C10H13NO2S. The average Bonchev–Trinajstić information content (AvgIpc) is 2.18. The minimum Gasteiger partial charge on any atom is -0.212 e. The van der Waals surface area contributed by atoms with E-state index >= 15 is 0 Å². The smallest absolute Gasteiger partial charge is 0.212 e. The van der Waals surface area contributed by atoms with Crippen molar-refractivity contribution < 1.29 is 8.42 Å². The molecule has 1 aromatic carbocycles. The quantitative estimate of drug-likeness (QED) is 0.764. The van der Waals surface area contributed by atoms with Crippen LogP contribution >= 0.6 is 0 Å².